The van der Waals surface area contributed by atoms with Crippen molar-refractivity contribution >= 4 is 6.01 Å². The first-order chi connectivity index (χ1) is 4.98. The van der Waals surface area contributed by atoms with Gasteiger partial charge in [-0.15, -0.1) is 5.10 Å². The molecule has 0 fully saturated rings. The summed E-state index contributed by atoms with van der Waals surface area (Å²) >= 11 is 0. The van der Waals surface area contributed by atoms with Crippen LogP contribution in [0, 0.1) is 0 Å². The van der Waals surface area contributed by atoms with E-state index in [4.69, 9.17) is 0 Å². The third kappa shape index (κ3) is 5.62. The normalized spacial score (nSPS) is 10.3. The van der Waals surface area contributed by atoms with E-state index in [-0.39, 0.29) is 5.54 Å². The van der Waals surface area contributed by atoms with Gasteiger partial charge in [0.2, 0.25) is 0 Å². The highest BCUT2D eigenvalue weighted by molar-refractivity contribution is 5.41. The first-order valence-corrected chi connectivity index (χ1v) is 3.83. The summed E-state index contributed by atoms with van der Waals surface area (Å²) in [4.78, 5) is 4.16. The fraction of sp³-hybridized carbons (Fsp3) is 0.875. The first-order valence-electron chi connectivity index (χ1n) is 3.83. The predicted octanol–water partition coefficient (Wildman–Crippen LogP) is 1.83. The van der Waals surface area contributed by atoms with Gasteiger partial charge in [-0.3, -0.25) is 5.01 Å². The number of hydrogen-bond donors (Lipinski definition) is 0. The summed E-state index contributed by atoms with van der Waals surface area (Å²) in [7, 11) is 3.70. The van der Waals surface area contributed by atoms with Crippen LogP contribution in [0.5, 0.6) is 0 Å². The van der Waals surface area contributed by atoms with Crippen molar-refractivity contribution in [1.82, 2.24) is 5.01 Å². The Morgan fingerprint density at radius 3 is 2.27 bits per heavy atom. The second-order valence-corrected chi connectivity index (χ2v) is 3.33. The minimum absolute atomic E-state index is 0.0283. The van der Waals surface area contributed by atoms with E-state index in [2.05, 4.69) is 36.9 Å². The van der Waals surface area contributed by atoms with Gasteiger partial charge in [-0.25, -0.2) is 4.99 Å². The molecule has 64 valence electrons. The molecular weight excluding hydrogens is 138 g/mol. The van der Waals surface area contributed by atoms with Crippen molar-refractivity contribution in [1.29, 1.82) is 0 Å². The molecule has 0 bridgehead atoms. The zero-order valence-corrected chi connectivity index (χ0v) is 8.05. The Bertz CT molecular complexity index is 164. The van der Waals surface area contributed by atoms with Crippen molar-refractivity contribution in [2.75, 3.05) is 14.1 Å². The molecule has 0 aromatic heterocycles. The molecule has 0 atom stereocenters. The van der Waals surface area contributed by atoms with Gasteiger partial charge in [-0.2, -0.15) is 0 Å². The minimum atomic E-state index is -0.0283. The second kappa shape index (κ2) is 4.14. The van der Waals surface area contributed by atoms with Crippen LogP contribution in [0.2, 0.25) is 0 Å². The van der Waals surface area contributed by atoms with Crippen LogP contribution >= 0.6 is 0 Å². The molecule has 0 spiro atoms. The average Bonchev–Trinajstić information content (AvgIpc) is 1.87. The summed E-state index contributed by atoms with van der Waals surface area (Å²) < 4.78 is 0. The van der Waals surface area contributed by atoms with Gasteiger partial charge in [-0.05, 0) is 20.3 Å². The lowest BCUT2D eigenvalue weighted by Gasteiger charge is -2.13. The van der Waals surface area contributed by atoms with E-state index >= 15 is 0 Å². The molecule has 0 aromatic carbocycles. The molecule has 0 aromatic rings. The Kier molecular flexibility index (Phi) is 3.83. The summed E-state index contributed by atoms with van der Waals surface area (Å²) in [5.74, 6) is 0. The molecule has 0 heterocycles. The zero-order valence-electron chi connectivity index (χ0n) is 8.05. The molecule has 11 heavy (non-hydrogen) atoms. The fourth-order valence-electron chi connectivity index (χ4n) is 0.326. The Morgan fingerprint density at radius 2 is 1.91 bits per heavy atom. The van der Waals surface area contributed by atoms with Gasteiger partial charge in [0, 0.05) is 14.1 Å². The summed E-state index contributed by atoms with van der Waals surface area (Å²) in [6.45, 7) is 6.22. The molecule has 3 nitrogen and oxygen atoms in total. The van der Waals surface area contributed by atoms with Gasteiger partial charge >= 0.3 is 0 Å². The molecule has 0 amide bonds. The Balaban J connectivity index is 4.11. The van der Waals surface area contributed by atoms with Crippen molar-refractivity contribution in [2.24, 2.45) is 10.1 Å². The zero-order chi connectivity index (χ0) is 8.91. The van der Waals surface area contributed by atoms with E-state index in [1.54, 1.807) is 5.01 Å². The molecule has 0 aliphatic carbocycles. The van der Waals surface area contributed by atoms with E-state index in [0.29, 0.717) is 0 Å². The molecule has 0 N–H and O–H groups in total. The number of aliphatic imine (C=N–C) groups is 1. The number of nitrogens with zero attached hydrogens (tertiary/aromatic N) is 3. The quantitative estimate of drug-likeness (QED) is 0.451. The summed E-state index contributed by atoms with van der Waals surface area (Å²) in [6.07, 6.45) is 1.00. The molecule has 0 unspecified atom stereocenters. The molecule has 0 aliphatic heterocycles. The summed E-state index contributed by atoms with van der Waals surface area (Å²) in [5.41, 5.74) is -0.0283. The van der Waals surface area contributed by atoms with Gasteiger partial charge < -0.3 is 0 Å². The Hall–Kier alpha value is -0.820. The van der Waals surface area contributed by atoms with Crippen LogP contribution < -0.4 is 0 Å². The van der Waals surface area contributed by atoms with E-state index in [9.17, 15) is 0 Å². The van der Waals surface area contributed by atoms with E-state index in [1.807, 2.05) is 14.1 Å². The molecular formula is C8H17N3. The van der Waals surface area contributed by atoms with Crippen molar-refractivity contribution in [2.45, 2.75) is 32.7 Å². The van der Waals surface area contributed by atoms with Crippen molar-refractivity contribution in [3.8, 4) is 0 Å². The second-order valence-electron chi connectivity index (χ2n) is 3.33. The summed E-state index contributed by atoms with van der Waals surface area (Å²) in [6, 6.07) is 2.65. The highest BCUT2D eigenvalue weighted by Crippen LogP contribution is 2.11. The lowest BCUT2D eigenvalue weighted by molar-refractivity contribution is 0.437. The number of hydrazone groups is 1. The van der Waals surface area contributed by atoms with E-state index in [0.717, 1.165) is 6.42 Å². The minimum Gasteiger partial charge on any atom is -0.294 e. The third-order valence-electron chi connectivity index (χ3n) is 1.46. The van der Waals surface area contributed by atoms with E-state index < -0.39 is 0 Å². The van der Waals surface area contributed by atoms with Gasteiger partial charge in [0.25, 0.3) is 0 Å². The number of hydrogen-bond acceptors (Lipinski definition) is 3. The van der Waals surface area contributed by atoms with Crippen LogP contribution in [0.3, 0.4) is 0 Å². The summed E-state index contributed by atoms with van der Waals surface area (Å²) in [5, 5.41) is 5.55. The molecule has 0 saturated heterocycles. The van der Waals surface area contributed by atoms with Crippen LogP contribution in [0.4, 0.5) is 0 Å². The molecule has 0 radical (unpaired) electrons. The molecule has 0 saturated carbocycles. The van der Waals surface area contributed by atoms with Gasteiger partial charge in [-0.1, -0.05) is 6.92 Å². The van der Waals surface area contributed by atoms with E-state index in [1.165, 1.54) is 0 Å². The topological polar surface area (TPSA) is 28.0 Å². The third-order valence-corrected chi connectivity index (χ3v) is 1.46. The molecule has 3 heteroatoms. The number of rotatable bonds is 3. The first kappa shape index (κ1) is 10.2. The predicted molar refractivity (Wildman–Crippen MR) is 47.9 cm³/mol. The highest BCUT2D eigenvalue weighted by atomic mass is 15.4. The average molecular weight is 155 g/mol. The fourth-order valence-corrected chi connectivity index (χ4v) is 0.326. The van der Waals surface area contributed by atoms with Gasteiger partial charge in [0.15, 0.2) is 0 Å². The largest absolute Gasteiger partial charge is 0.294 e. The highest BCUT2D eigenvalue weighted by Gasteiger charge is 2.10. The smallest absolute Gasteiger partial charge is 0.115 e. The standard InChI is InChI=1S/C8H17N3/c1-6-8(2,3)9-7-10-11(4)5/h6H2,1-5H3. The van der Waals surface area contributed by atoms with Crippen molar-refractivity contribution in [3.63, 3.8) is 0 Å². The van der Waals surface area contributed by atoms with Crippen LogP contribution in [-0.2, 0) is 0 Å². The Morgan fingerprint density at radius 1 is 1.36 bits per heavy atom. The lowest BCUT2D eigenvalue weighted by Crippen LogP contribution is -2.13. The lowest BCUT2D eigenvalue weighted by atomic mass is 10.0. The van der Waals surface area contributed by atoms with Gasteiger partial charge in [0.1, 0.15) is 6.01 Å². The SMILES string of the molecule is CCC(C)(C)N=C=NN(C)C. The van der Waals surface area contributed by atoms with Crippen molar-refractivity contribution < 1.29 is 0 Å². The molecule has 0 rings (SSSR count). The van der Waals surface area contributed by atoms with Gasteiger partial charge in [0.05, 0.1) is 5.54 Å². The van der Waals surface area contributed by atoms with Crippen LogP contribution in [-0.4, -0.2) is 30.7 Å². The maximum absolute atomic E-state index is 4.16. The van der Waals surface area contributed by atoms with Crippen LogP contribution in [0.1, 0.15) is 27.2 Å². The monoisotopic (exact) mass is 155 g/mol. The Labute approximate surface area is 68.8 Å². The van der Waals surface area contributed by atoms with Crippen LogP contribution in [0.25, 0.3) is 0 Å². The van der Waals surface area contributed by atoms with Crippen LogP contribution in [0.15, 0.2) is 10.1 Å². The maximum atomic E-state index is 4.16. The van der Waals surface area contributed by atoms with Crippen molar-refractivity contribution in [3.05, 3.63) is 0 Å². The molecule has 0 aliphatic rings. The maximum Gasteiger partial charge on any atom is 0.115 e.